The van der Waals surface area contributed by atoms with E-state index in [0.717, 1.165) is 0 Å². The van der Waals surface area contributed by atoms with E-state index in [0.29, 0.717) is 12.8 Å². The Balaban J connectivity index is 4.05. The number of esters is 2. The van der Waals surface area contributed by atoms with Gasteiger partial charge in [-0.15, -0.1) is 0 Å². The molecule has 5 nitrogen and oxygen atoms in total. The molecule has 0 atom stereocenters. The Labute approximate surface area is 89.4 Å². The second-order valence-electron chi connectivity index (χ2n) is 2.98. The fraction of sp³-hybridized carbons (Fsp3) is 0.800. The van der Waals surface area contributed by atoms with Crippen LogP contribution >= 0.6 is 0 Å². The first-order valence-electron chi connectivity index (χ1n) is 5.13. The summed E-state index contributed by atoms with van der Waals surface area (Å²) in [6, 6.07) is 0. The smallest absolute Gasteiger partial charge is 0.308 e. The van der Waals surface area contributed by atoms with E-state index >= 15 is 0 Å². The molecule has 0 unspecified atom stereocenters. The molecule has 5 heteroatoms. The van der Waals surface area contributed by atoms with Crippen LogP contribution in [0.3, 0.4) is 0 Å². The molecule has 0 aromatic heterocycles. The molecule has 0 spiro atoms. The van der Waals surface area contributed by atoms with Crippen LogP contribution in [0, 0.1) is 0 Å². The molecular weight excluding hydrogens is 200 g/mol. The van der Waals surface area contributed by atoms with Crippen molar-refractivity contribution >= 4 is 11.9 Å². The van der Waals surface area contributed by atoms with Gasteiger partial charge in [-0.05, 0) is 6.42 Å². The van der Waals surface area contributed by atoms with Gasteiger partial charge in [0.05, 0.1) is 0 Å². The van der Waals surface area contributed by atoms with Crippen LogP contribution in [0.15, 0.2) is 0 Å². The molecule has 0 fully saturated rings. The first-order valence-corrected chi connectivity index (χ1v) is 5.13. The zero-order chi connectivity index (χ0) is 11.7. The second-order valence-corrected chi connectivity index (χ2v) is 2.98. The Hall–Kier alpha value is -1.10. The maximum Gasteiger partial charge on any atom is 0.308 e. The molecule has 0 heterocycles. The molecule has 88 valence electrons. The number of carbonyl (C=O) groups excluding carboxylic acids is 2. The van der Waals surface area contributed by atoms with Crippen molar-refractivity contribution in [3.05, 3.63) is 0 Å². The van der Waals surface area contributed by atoms with Crippen molar-refractivity contribution in [2.45, 2.75) is 45.8 Å². The van der Waals surface area contributed by atoms with Crippen LogP contribution in [0.4, 0.5) is 0 Å². The van der Waals surface area contributed by atoms with Crippen molar-refractivity contribution < 1.29 is 24.2 Å². The number of aliphatic hydroxyl groups is 1. The van der Waals surface area contributed by atoms with E-state index in [1.165, 1.54) is 0 Å². The van der Waals surface area contributed by atoms with Gasteiger partial charge in [0.25, 0.3) is 0 Å². The summed E-state index contributed by atoms with van der Waals surface area (Å²) in [7, 11) is 0. The van der Waals surface area contributed by atoms with E-state index in [1.54, 1.807) is 13.8 Å². The molecule has 1 N–H and O–H groups in total. The maximum atomic E-state index is 11.0. The summed E-state index contributed by atoms with van der Waals surface area (Å²) in [5.74, 6) is -0.830. The average Bonchev–Trinajstić information content (AvgIpc) is 2.25. The van der Waals surface area contributed by atoms with Crippen molar-refractivity contribution in [1.29, 1.82) is 0 Å². The molecule has 0 rings (SSSR count). The quantitative estimate of drug-likeness (QED) is 0.509. The standard InChI is InChI=1S/C10H18O5/c1-3-8(12)14-10(6-5-7-11)15-9(13)4-2/h10-11H,3-7H2,1-2H3. The molecule has 15 heavy (non-hydrogen) atoms. The third-order valence-corrected chi connectivity index (χ3v) is 1.70. The van der Waals surface area contributed by atoms with Crippen LogP contribution in [0.1, 0.15) is 39.5 Å². The molecular formula is C10H18O5. The average molecular weight is 218 g/mol. The fourth-order valence-corrected chi connectivity index (χ4v) is 0.860. The van der Waals surface area contributed by atoms with Gasteiger partial charge in [-0.3, -0.25) is 9.59 Å². The van der Waals surface area contributed by atoms with Gasteiger partial charge in [0, 0.05) is 25.9 Å². The van der Waals surface area contributed by atoms with Crippen LogP contribution in [0.2, 0.25) is 0 Å². The summed E-state index contributed by atoms with van der Waals surface area (Å²) in [4.78, 5) is 22.0. The van der Waals surface area contributed by atoms with Crippen LogP contribution in [0.25, 0.3) is 0 Å². The monoisotopic (exact) mass is 218 g/mol. The van der Waals surface area contributed by atoms with Crippen molar-refractivity contribution in [2.75, 3.05) is 6.61 Å². The normalized spacial score (nSPS) is 10.1. The summed E-state index contributed by atoms with van der Waals surface area (Å²) in [5.41, 5.74) is 0. The number of ether oxygens (including phenoxy) is 2. The fourth-order valence-electron chi connectivity index (χ4n) is 0.860. The van der Waals surface area contributed by atoms with Gasteiger partial charge >= 0.3 is 11.9 Å². The van der Waals surface area contributed by atoms with Gasteiger partial charge in [-0.25, -0.2) is 0 Å². The van der Waals surface area contributed by atoms with Gasteiger partial charge in [-0.1, -0.05) is 13.8 Å². The number of rotatable bonds is 7. The Morgan fingerprint density at radius 2 is 1.60 bits per heavy atom. The van der Waals surface area contributed by atoms with Gasteiger partial charge in [0.1, 0.15) is 0 Å². The van der Waals surface area contributed by atoms with Crippen molar-refractivity contribution in [2.24, 2.45) is 0 Å². The lowest BCUT2D eigenvalue weighted by Crippen LogP contribution is -2.24. The Morgan fingerprint density at radius 1 is 1.13 bits per heavy atom. The highest BCUT2D eigenvalue weighted by Crippen LogP contribution is 2.07. The lowest BCUT2D eigenvalue weighted by atomic mass is 10.3. The number of hydrogen-bond donors (Lipinski definition) is 1. The van der Waals surface area contributed by atoms with Crippen LogP contribution in [-0.4, -0.2) is 29.9 Å². The first kappa shape index (κ1) is 13.9. The van der Waals surface area contributed by atoms with Crippen molar-refractivity contribution in [1.82, 2.24) is 0 Å². The van der Waals surface area contributed by atoms with Gasteiger partial charge in [-0.2, -0.15) is 0 Å². The highest BCUT2D eigenvalue weighted by Gasteiger charge is 2.16. The highest BCUT2D eigenvalue weighted by molar-refractivity contribution is 5.70. The minimum Gasteiger partial charge on any atom is -0.425 e. The Kier molecular flexibility index (Phi) is 7.62. The molecule has 0 saturated carbocycles. The lowest BCUT2D eigenvalue weighted by molar-refractivity contribution is -0.189. The van der Waals surface area contributed by atoms with Gasteiger partial charge in [0.15, 0.2) is 0 Å². The number of carbonyl (C=O) groups is 2. The lowest BCUT2D eigenvalue weighted by Gasteiger charge is -2.17. The van der Waals surface area contributed by atoms with E-state index in [9.17, 15) is 9.59 Å². The van der Waals surface area contributed by atoms with E-state index in [-0.39, 0.29) is 19.4 Å². The Morgan fingerprint density at radius 3 is 1.93 bits per heavy atom. The molecule has 0 aliphatic heterocycles. The first-order chi connectivity index (χ1) is 7.13. The number of aliphatic hydroxyl groups excluding tert-OH is 1. The molecule has 0 aromatic carbocycles. The van der Waals surface area contributed by atoms with Crippen molar-refractivity contribution in [3.8, 4) is 0 Å². The minimum absolute atomic E-state index is 0.0240. The predicted octanol–water partition coefficient (Wildman–Crippen LogP) is 0.991. The molecule has 0 saturated heterocycles. The highest BCUT2D eigenvalue weighted by atomic mass is 16.7. The van der Waals surface area contributed by atoms with Crippen LogP contribution in [-0.2, 0) is 19.1 Å². The summed E-state index contributed by atoms with van der Waals surface area (Å²) >= 11 is 0. The second kappa shape index (κ2) is 8.23. The van der Waals surface area contributed by atoms with Gasteiger partial charge in [0.2, 0.25) is 6.29 Å². The maximum absolute atomic E-state index is 11.0. The topological polar surface area (TPSA) is 72.8 Å². The van der Waals surface area contributed by atoms with E-state index < -0.39 is 18.2 Å². The van der Waals surface area contributed by atoms with E-state index in [1.807, 2.05) is 0 Å². The largest absolute Gasteiger partial charge is 0.425 e. The number of hydrogen-bond acceptors (Lipinski definition) is 5. The zero-order valence-corrected chi connectivity index (χ0v) is 9.19. The van der Waals surface area contributed by atoms with E-state index in [4.69, 9.17) is 14.6 Å². The predicted molar refractivity (Wildman–Crippen MR) is 52.9 cm³/mol. The van der Waals surface area contributed by atoms with Gasteiger partial charge < -0.3 is 14.6 Å². The molecule has 0 amide bonds. The third-order valence-electron chi connectivity index (χ3n) is 1.70. The van der Waals surface area contributed by atoms with E-state index in [2.05, 4.69) is 0 Å². The molecule has 0 aliphatic carbocycles. The SMILES string of the molecule is CCC(=O)OC(CCCO)OC(=O)CC. The zero-order valence-electron chi connectivity index (χ0n) is 9.19. The summed E-state index contributed by atoms with van der Waals surface area (Å²) < 4.78 is 9.76. The minimum atomic E-state index is -0.864. The molecule has 0 radical (unpaired) electrons. The Bertz CT molecular complexity index is 184. The third kappa shape index (κ3) is 6.90. The summed E-state index contributed by atoms with van der Waals surface area (Å²) in [6.45, 7) is 3.30. The summed E-state index contributed by atoms with van der Waals surface area (Å²) in [5, 5.41) is 8.62. The molecule has 0 aromatic rings. The van der Waals surface area contributed by atoms with Crippen molar-refractivity contribution in [3.63, 3.8) is 0 Å². The molecule has 0 bridgehead atoms. The van der Waals surface area contributed by atoms with Crippen LogP contribution in [0.5, 0.6) is 0 Å². The molecule has 0 aliphatic rings. The van der Waals surface area contributed by atoms with Crippen LogP contribution < -0.4 is 0 Å². The summed E-state index contributed by atoms with van der Waals surface area (Å²) in [6.07, 6.45) is 0.364.